The SMILES string of the molecule is CCCNC(=O)c1ccc(NC(=O)CCCNC)cc1. The molecule has 1 rings (SSSR count). The molecule has 0 spiro atoms. The summed E-state index contributed by atoms with van der Waals surface area (Å²) in [6.07, 6.45) is 2.20. The number of rotatable bonds is 8. The summed E-state index contributed by atoms with van der Waals surface area (Å²) in [5.74, 6) is -0.0952. The predicted octanol–water partition coefficient (Wildman–Crippen LogP) is 1.76. The first-order valence-electron chi connectivity index (χ1n) is 7.00. The van der Waals surface area contributed by atoms with Gasteiger partial charge in [-0.2, -0.15) is 0 Å². The maximum atomic E-state index is 11.7. The fraction of sp³-hybridized carbons (Fsp3) is 0.467. The van der Waals surface area contributed by atoms with Crippen molar-refractivity contribution in [3.05, 3.63) is 29.8 Å². The Balaban J connectivity index is 2.45. The van der Waals surface area contributed by atoms with Gasteiger partial charge < -0.3 is 16.0 Å². The molecule has 0 aliphatic heterocycles. The summed E-state index contributed by atoms with van der Waals surface area (Å²) in [4.78, 5) is 23.3. The smallest absolute Gasteiger partial charge is 0.251 e. The molecule has 5 nitrogen and oxygen atoms in total. The summed E-state index contributed by atoms with van der Waals surface area (Å²) >= 11 is 0. The number of carbonyl (C=O) groups excluding carboxylic acids is 2. The second-order valence-corrected chi connectivity index (χ2v) is 4.59. The van der Waals surface area contributed by atoms with Gasteiger partial charge in [0.15, 0.2) is 0 Å². The average molecular weight is 277 g/mol. The Morgan fingerprint density at radius 1 is 1.10 bits per heavy atom. The van der Waals surface area contributed by atoms with Crippen molar-refractivity contribution in [1.29, 1.82) is 0 Å². The van der Waals surface area contributed by atoms with Crippen molar-refractivity contribution in [1.82, 2.24) is 10.6 Å². The molecular formula is C15H23N3O2. The van der Waals surface area contributed by atoms with E-state index >= 15 is 0 Å². The van der Waals surface area contributed by atoms with Crippen molar-refractivity contribution >= 4 is 17.5 Å². The van der Waals surface area contributed by atoms with Gasteiger partial charge in [0.25, 0.3) is 5.91 Å². The molecule has 0 heterocycles. The van der Waals surface area contributed by atoms with Crippen LogP contribution in [-0.4, -0.2) is 32.0 Å². The van der Waals surface area contributed by atoms with Gasteiger partial charge in [-0.05, 0) is 50.7 Å². The second kappa shape index (κ2) is 9.09. The van der Waals surface area contributed by atoms with Gasteiger partial charge in [-0.1, -0.05) is 6.92 Å². The van der Waals surface area contributed by atoms with Crippen molar-refractivity contribution in [2.75, 3.05) is 25.5 Å². The summed E-state index contributed by atoms with van der Waals surface area (Å²) in [6.45, 7) is 3.50. The van der Waals surface area contributed by atoms with Gasteiger partial charge in [0.05, 0.1) is 0 Å². The van der Waals surface area contributed by atoms with E-state index in [9.17, 15) is 9.59 Å². The Labute approximate surface area is 120 Å². The van der Waals surface area contributed by atoms with Gasteiger partial charge in [0.2, 0.25) is 5.91 Å². The van der Waals surface area contributed by atoms with Gasteiger partial charge in [0, 0.05) is 24.2 Å². The van der Waals surface area contributed by atoms with Crippen LogP contribution in [0.15, 0.2) is 24.3 Å². The molecule has 0 saturated carbocycles. The lowest BCUT2D eigenvalue weighted by Gasteiger charge is -2.07. The van der Waals surface area contributed by atoms with E-state index in [2.05, 4.69) is 16.0 Å². The van der Waals surface area contributed by atoms with Crippen LogP contribution in [0.2, 0.25) is 0 Å². The van der Waals surface area contributed by atoms with Crippen molar-refractivity contribution in [2.45, 2.75) is 26.2 Å². The van der Waals surface area contributed by atoms with Crippen molar-refractivity contribution in [3.63, 3.8) is 0 Å². The summed E-state index contributed by atoms with van der Waals surface area (Å²) < 4.78 is 0. The van der Waals surface area contributed by atoms with Gasteiger partial charge in [-0.25, -0.2) is 0 Å². The highest BCUT2D eigenvalue weighted by Gasteiger charge is 2.05. The van der Waals surface area contributed by atoms with Gasteiger partial charge in [-0.3, -0.25) is 9.59 Å². The molecule has 3 N–H and O–H groups in total. The molecule has 20 heavy (non-hydrogen) atoms. The van der Waals surface area contributed by atoms with E-state index in [0.29, 0.717) is 24.2 Å². The number of amides is 2. The topological polar surface area (TPSA) is 70.2 Å². The van der Waals surface area contributed by atoms with Crippen LogP contribution in [0, 0.1) is 0 Å². The fourth-order valence-corrected chi connectivity index (χ4v) is 1.69. The van der Waals surface area contributed by atoms with Crippen LogP contribution in [-0.2, 0) is 4.79 Å². The molecule has 0 saturated heterocycles. The van der Waals surface area contributed by atoms with Crippen molar-refractivity contribution < 1.29 is 9.59 Å². The summed E-state index contributed by atoms with van der Waals surface area (Å²) in [5, 5.41) is 8.62. The Bertz CT molecular complexity index is 429. The molecule has 1 aromatic rings. The van der Waals surface area contributed by atoms with Crippen LogP contribution in [0.4, 0.5) is 5.69 Å². The van der Waals surface area contributed by atoms with Crippen molar-refractivity contribution in [2.24, 2.45) is 0 Å². The lowest BCUT2D eigenvalue weighted by molar-refractivity contribution is -0.116. The molecule has 0 aromatic heterocycles. The molecule has 0 unspecified atom stereocenters. The van der Waals surface area contributed by atoms with E-state index in [1.807, 2.05) is 14.0 Å². The largest absolute Gasteiger partial charge is 0.352 e. The van der Waals surface area contributed by atoms with E-state index in [-0.39, 0.29) is 11.8 Å². The molecule has 0 aliphatic carbocycles. The molecule has 0 fully saturated rings. The Hall–Kier alpha value is -1.88. The highest BCUT2D eigenvalue weighted by Crippen LogP contribution is 2.10. The molecule has 0 radical (unpaired) electrons. The van der Waals surface area contributed by atoms with Crippen LogP contribution in [0.3, 0.4) is 0 Å². The summed E-state index contributed by atoms with van der Waals surface area (Å²) in [5.41, 5.74) is 1.32. The minimum atomic E-state index is -0.0845. The normalized spacial score (nSPS) is 10.1. The fourth-order valence-electron chi connectivity index (χ4n) is 1.69. The van der Waals surface area contributed by atoms with Crippen molar-refractivity contribution in [3.8, 4) is 0 Å². The van der Waals surface area contributed by atoms with E-state index < -0.39 is 0 Å². The quantitative estimate of drug-likeness (QED) is 0.634. The van der Waals surface area contributed by atoms with Crippen LogP contribution in [0.5, 0.6) is 0 Å². The Kier molecular flexibility index (Phi) is 7.35. The third-order valence-electron chi connectivity index (χ3n) is 2.80. The summed E-state index contributed by atoms with van der Waals surface area (Å²) in [6, 6.07) is 6.93. The molecule has 5 heteroatoms. The zero-order chi connectivity index (χ0) is 14.8. The van der Waals surface area contributed by atoms with E-state index in [4.69, 9.17) is 0 Å². The minimum Gasteiger partial charge on any atom is -0.352 e. The number of anilines is 1. The standard InChI is InChI=1S/C15H23N3O2/c1-3-10-17-15(20)12-6-8-13(9-7-12)18-14(19)5-4-11-16-2/h6-9,16H,3-5,10-11H2,1-2H3,(H,17,20)(H,18,19). The van der Waals surface area contributed by atoms with Crippen LogP contribution < -0.4 is 16.0 Å². The monoisotopic (exact) mass is 277 g/mol. The van der Waals surface area contributed by atoms with Gasteiger partial charge in [0.1, 0.15) is 0 Å². The predicted molar refractivity (Wildman–Crippen MR) is 80.9 cm³/mol. The summed E-state index contributed by atoms with van der Waals surface area (Å²) in [7, 11) is 1.86. The lowest BCUT2D eigenvalue weighted by atomic mass is 10.2. The minimum absolute atomic E-state index is 0.0107. The van der Waals surface area contributed by atoms with Gasteiger partial charge >= 0.3 is 0 Å². The van der Waals surface area contributed by atoms with Gasteiger partial charge in [-0.15, -0.1) is 0 Å². The number of hydrogen-bond donors (Lipinski definition) is 3. The molecule has 1 aromatic carbocycles. The van der Waals surface area contributed by atoms with E-state index in [1.54, 1.807) is 24.3 Å². The van der Waals surface area contributed by atoms with Crippen LogP contribution in [0.25, 0.3) is 0 Å². The first-order valence-corrected chi connectivity index (χ1v) is 7.00. The zero-order valence-corrected chi connectivity index (χ0v) is 12.2. The maximum absolute atomic E-state index is 11.7. The molecule has 0 aliphatic rings. The van der Waals surface area contributed by atoms with Crippen LogP contribution in [0.1, 0.15) is 36.5 Å². The highest BCUT2D eigenvalue weighted by molar-refractivity contribution is 5.95. The lowest BCUT2D eigenvalue weighted by Crippen LogP contribution is -2.23. The Morgan fingerprint density at radius 2 is 1.80 bits per heavy atom. The number of hydrogen-bond acceptors (Lipinski definition) is 3. The number of benzene rings is 1. The van der Waals surface area contributed by atoms with Crippen LogP contribution >= 0.6 is 0 Å². The first-order chi connectivity index (χ1) is 9.67. The third-order valence-corrected chi connectivity index (χ3v) is 2.80. The zero-order valence-electron chi connectivity index (χ0n) is 12.2. The maximum Gasteiger partial charge on any atom is 0.251 e. The Morgan fingerprint density at radius 3 is 2.40 bits per heavy atom. The average Bonchev–Trinajstić information content (AvgIpc) is 2.46. The molecule has 2 amide bonds. The third kappa shape index (κ3) is 5.84. The van der Waals surface area contributed by atoms with E-state index in [0.717, 1.165) is 19.4 Å². The first kappa shape index (κ1) is 16.2. The molecule has 0 bridgehead atoms. The second-order valence-electron chi connectivity index (χ2n) is 4.59. The molecule has 0 atom stereocenters. The number of carbonyl (C=O) groups is 2. The molecule has 110 valence electrons. The highest BCUT2D eigenvalue weighted by atomic mass is 16.2. The van der Waals surface area contributed by atoms with E-state index in [1.165, 1.54) is 0 Å². The molecular weight excluding hydrogens is 254 g/mol. The number of nitrogens with one attached hydrogen (secondary N) is 3.